The first kappa shape index (κ1) is 13.7. The molecule has 0 spiro atoms. The van der Waals surface area contributed by atoms with Crippen molar-refractivity contribution in [3.63, 3.8) is 0 Å². The third-order valence-corrected chi connectivity index (χ3v) is 5.36. The van der Waals surface area contributed by atoms with Crippen LogP contribution in [0.15, 0.2) is 26.5 Å². The van der Waals surface area contributed by atoms with Crippen LogP contribution in [0.5, 0.6) is 0 Å². The number of aryl methyl sites for hydroxylation is 1. The molecule has 0 atom stereocenters. The molecule has 0 aromatic carbocycles. The van der Waals surface area contributed by atoms with Gasteiger partial charge in [0.05, 0.1) is 0 Å². The highest BCUT2D eigenvalue weighted by Gasteiger charge is 2.23. The van der Waals surface area contributed by atoms with Crippen LogP contribution in [-0.2, 0) is 23.5 Å². The predicted octanol–water partition coefficient (Wildman–Crippen LogP) is 1.16. The number of nitrogens with one attached hydrogen (secondary N) is 1. The van der Waals surface area contributed by atoms with Crippen molar-refractivity contribution in [3.8, 4) is 0 Å². The van der Waals surface area contributed by atoms with E-state index in [1.165, 1.54) is 11.7 Å². The second-order valence-corrected chi connectivity index (χ2v) is 6.80. The number of sulfonamides is 1. The summed E-state index contributed by atoms with van der Waals surface area (Å²) in [5.41, 5.74) is 1.12. The second-order valence-electron chi connectivity index (χ2n) is 3.59. The summed E-state index contributed by atoms with van der Waals surface area (Å²) in [4.78, 5) is 0. The fourth-order valence-corrected chi connectivity index (χ4v) is 4.27. The van der Waals surface area contributed by atoms with Crippen molar-refractivity contribution in [2.45, 2.75) is 11.4 Å². The van der Waals surface area contributed by atoms with Crippen molar-refractivity contribution in [2.75, 3.05) is 6.54 Å². The van der Waals surface area contributed by atoms with Gasteiger partial charge in [-0.15, -0.1) is 5.10 Å². The maximum atomic E-state index is 12.0. The Balaban J connectivity index is 2.04. The molecule has 0 aliphatic carbocycles. The molecule has 0 saturated heterocycles. The number of hydrogen-bond donors (Lipinski definition) is 1. The van der Waals surface area contributed by atoms with Crippen LogP contribution in [0.1, 0.15) is 5.56 Å². The maximum Gasteiger partial charge on any atom is 0.260 e. The molecule has 0 unspecified atom stereocenters. The van der Waals surface area contributed by atoms with Gasteiger partial charge in [0.25, 0.3) is 10.0 Å². The number of halogens is 1. The van der Waals surface area contributed by atoms with Gasteiger partial charge in [0.1, 0.15) is 0 Å². The van der Waals surface area contributed by atoms with Gasteiger partial charge in [0.15, 0.2) is 4.60 Å². The van der Waals surface area contributed by atoms with Gasteiger partial charge in [-0.1, -0.05) is 5.21 Å². The molecule has 18 heavy (non-hydrogen) atoms. The summed E-state index contributed by atoms with van der Waals surface area (Å²) in [5, 5.41) is 11.3. The standard InChI is InChI=1S/C9H11BrN4O2S2/c1-14-9(8(10)12-13-14)18(15,16)11-4-2-7-3-5-17-6-7/h3,5-6,11H,2,4H2,1H3. The minimum Gasteiger partial charge on any atom is -0.235 e. The fraction of sp³-hybridized carbons (Fsp3) is 0.333. The van der Waals surface area contributed by atoms with Crippen molar-refractivity contribution in [2.24, 2.45) is 7.05 Å². The van der Waals surface area contributed by atoms with E-state index in [2.05, 4.69) is 31.0 Å². The van der Waals surface area contributed by atoms with Crippen molar-refractivity contribution in [3.05, 3.63) is 27.0 Å². The molecule has 1 N–H and O–H groups in total. The number of rotatable bonds is 5. The average Bonchev–Trinajstić information content (AvgIpc) is 2.89. The molecule has 0 fully saturated rings. The summed E-state index contributed by atoms with van der Waals surface area (Å²) >= 11 is 4.66. The largest absolute Gasteiger partial charge is 0.260 e. The molecule has 98 valence electrons. The lowest BCUT2D eigenvalue weighted by atomic mass is 10.2. The zero-order valence-corrected chi connectivity index (χ0v) is 12.7. The first-order valence-corrected chi connectivity index (χ1v) is 8.28. The number of thiophene rings is 1. The maximum absolute atomic E-state index is 12.0. The van der Waals surface area contributed by atoms with Gasteiger partial charge in [-0.25, -0.2) is 17.8 Å². The van der Waals surface area contributed by atoms with E-state index in [1.54, 1.807) is 11.3 Å². The number of aromatic nitrogens is 3. The van der Waals surface area contributed by atoms with Crippen LogP contribution in [0.4, 0.5) is 0 Å². The molecule has 0 amide bonds. The van der Waals surface area contributed by atoms with Crippen LogP contribution in [-0.4, -0.2) is 30.0 Å². The first-order chi connectivity index (χ1) is 8.50. The van der Waals surface area contributed by atoms with Crippen molar-refractivity contribution in [1.82, 2.24) is 19.7 Å². The molecule has 9 heteroatoms. The van der Waals surface area contributed by atoms with Crippen LogP contribution >= 0.6 is 27.3 Å². The molecular formula is C9H11BrN4O2S2. The lowest BCUT2D eigenvalue weighted by Gasteiger charge is -2.05. The Morgan fingerprint density at radius 2 is 2.33 bits per heavy atom. The Kier molecular flexibility index (Phi) is 4.15. The second kappa shape index (κ2) is 5.47. The smallest absolute Gasteiger partial charge is 0.235 e. The van der Waals surface area contributed by atoms with E-state index in [-0.39, 0.29) is 9.63 Å². The predicted molar refractivity (Wildman–Crippen MR) is 71.9 cm³/mol. The summed E-state index contributed by atoms with van der Waals surface area (Å²) in [6, 6.07) is 1.97. The lowest BCUT2D eigenvalue weighted by molar-refractivity contribution is 0.560. The first-order valence-electron chi connectivity index (χ1n) is 5.06. The van der Waals surface area contributed by atoms with E-state index >= 15 is 0 Å². The van der Waals surface area contributed by atoms with E-state index in [4.69, 9.17) is 0 Å². The Hall–Kier alpha value is -0.770. The highest BCUT2D eigenvalue weighted by Crippen LogP contribution is 2.17. The molecule has 2 aromatic rings. The summed E-state index contributed by atoms with van der Waals surface area (Å²) < 4.78 is 28.0. The molecule has 2 heterocycles. The van der Waals surface area contributed by atoms with Gasteiger partial charge in [-0.3, -0.25) is 0 Å². The number of nitrogens with zero attached hydrogens (tertiary/aromatic N) is 3. The van der Waals surface area contributed by atoms with Crippen molar-refractivity contribution < 1.29 is 8.42 Å². The van der Waals surface area contributed by atoms with E-state index in [1.807, 2.05) is 16.8 Å². The fourth-order valence-electron chi connectivity index (χ4n) is 1.44. The van der Waals surface area contributed by atoms with Crippen LogP contribution in [0.2, 0.25) is 0 Å². The average molecular weight is 351 g/mol. The van der Waals surface area contributed by atoms with Crippen molar-refractivity contribution in [1.29, 1.82) is 0 Å². The van der Waals surface area contributed by atoms with Crippen LogP contribution in [0.25, 0.3) is 0 Å². The van der Waals surface area contributed by atoms with Crippen LogP contribution in [0.3, 0.4) is 0 Å². The van der Waals surface area contributed by atoms with Crippen LogP contribution < -0.4 is 4.72 Å². The topological polar surface area (TPSA) is 76.9 Å². The minimum atomic E-state index is -3.59. The molecule has 2 rings (SSSR count). The van der Waals surface area contributed by atoms with Gasteiger partial charge < -0.3 is 0 Å². The monoisotopic (exact) mass is 350 g/mol. The lowest BCUT2D eigenvalue weighted by Crippen LogP contribution is -2.28. The van der Waals surface area contributed by atoms with Gasteiger partial charge in [0, 0.05) is 13.6 Å². The summed E-state index contributed by atoms with van der Waals surface area (Å²) in [5.74, 6) is 0. The Morgan fingerprint density at radius 1 is 1.56 bits per heavy atom. The quantitative estimate of drug-likeness (QED) is 0.877. The normalized spacial score (nSPS) is 11.9. The van der Waals surface area contributed by atoms with Gasteiger partial charge in [0.2, 0.25) is 5.03 Å². The van der Waals surface area contributed by atoms with Gasteiger partial charge in [-0.2, -0.15) is 11.3 Å². The van der Waals surface area contributed by atoms with Gasteiger partial charge >= 0.3 is 0 Å². The van der Waals surface area contributed by atoms with E-state index in [9.17, 15) is 8.42 Å². The Bertz CT molecular complexity index is 602. The van der Waals surface area contributed by atoms with E-state index in [0.29, 0.717) is 13.0 Å². The van der Waals surface area contributed by atoms with E-state index in [0.717, 1.165) is 5.56 Å². The molecule has 0 saturated carbocycles. The molecule has 0 radical (unpaired) electrons. The molecular weight excluding hydrogens is 340 g/mol. The van der Waals surface area contributed by atoms with Crippen molar-refractivity contribution >= 4 is 37.3 Å². The molecule has 0 aliphatic rings. The van der Waals surface area contributed by atoms with Gasteiger partial charge in [-0.05, 0) is 44.7 Å². The zero-order chi connectivity index (χ0) is 13.2. The third kappa shape index (κ3) is 2.97. The number of hydrogen-bond acceptors (Lipinski definition) is 5. The Morgan fingerprint density at radius 3 is 2.89 bits per heavy atom. The SMILES string of the molecule is Cn1nnc(Br)c1S(=O)(=O)NCCc1ccsc1. The highest BCUT2D eigenvalue weighted by atomic mass is 79.9. The summed E-state index contributed by atoms with van der Waals surface area (Å²) in [6.45, 7) is 0.344. The highest BCUT2D eigenvalue weighted by molar-refractivity contribution is 9.10. The zero-order valence-electron chi connectivity index (χ0n) is 9.50. The summed E-state index contributed by atoms with van der Waals surface area (Å²) in [6.07, 6.45) is 0.658. The molecule has 0 aliphatic heterocycles. The summed E-state index contributed by atoms with van der Waals surface area (Å²) in [7, 11) is -2.05. The third-order valence-electron chi connectivity index (χ3n) is 2.28. The minimum absolute atomic E-state index is 0.0350. The van der Waals surface area contributed by atoms with Crippen LogP contribution in [0, 0.1) is 0 Å². The molecule has 6 nitrogen and oxygen atoms in total. The Labute approximate surface area is 117 Å². The molecule has 0 bridgehead atoms. The molecule has 2 aromatic heterocycles. The van der Waals surface area contributed by atoms with E-state index < -0.39 is 10.0 Å².